The highest BCUT2D eigenvalue weighted by atomic mass is 16.5. The molecule has 0 aromatic carbocycles. The zero-order valence-electron chi connectivity index (χ0n) is 17.3. The van der Waals surface area contributed by atoms with Crippen LogP contribution in [0, 0.1) is 5.92 Å². The molecule has 0 aromatic heterocycles. The second-order valence-electron chi connectivity index (χ2n) is 7.65. The first kappa shape index (κ1) is 22.2. The number of hydrogen-bond donors (Lipinski definition) is 2. The van der Waals surface area contributed by atoms with E-state index in [-0.39, 0.29) is 0 Å². The number of likely N-dealkylation sites (N-methyl/N-ethyl adjacent to an activating group) is 1. The van der Waals surface area contributed by atoms with Crippen LogP contribution >= 0.6 is 0 Å². The van der Waals surface area contributed by atoms with Crippen LogP contribution in [0.25, 0.3) is 0 Å². The molecule has 1 aliphatic heterocycles. The molecule has 148 valence electrons. The third kappa shape index (κ3) is 9.42. The van der Waals surface area contributed by atoms with Crippen LogP contribution in [0.4, 0.5) is 0 Å². The van der Waals surface area contributed by atoms with Crippen LogP contribution in [-0.4, -0.2) is 87.4 Å². The Morgan fingerprint density at radius 2 is 1.84 bits per heavy atom. The van der Waals surface area contributed by atoms with Crippen LogP contribution in [0.3, 0.4) is 0 Å². The van der Waals surface area contributed by atoms with Crippen molar-refractivity contribution in [1.82, 2.24) is 20.4 Å². The van der Waals surface area contributed by atoms with E-state index < -0.39 is 0 Å². The van der Waals surface area contributed by atoms with Crippen LogP contribution in [0.1, 0.15) is 41.0 Å². The van der Waals surface area contributed by atoms with Crippen molar-refractivity contribution in [2.24, 2.45) is 10.9 Å². The maximum atomic E-state index is 5.51. The molecule has 1 unspecified atom stereocenters. The largest absolute Gasteiger partial charge is 0.379 e. The molecule has 6 nitrogen and oxygen atoms in total. The molecule has 0 amide bonds. The Labute approximate surface area is 155 Å². The highest BCUT2D eigenvalue weighted by Crippen LogP contribution is 2.14. The molecule has 0 aliphatic carbocycles. The monoisotopic (exact) mass is 355 g/mol. The van der Waals surface area contributed by atoms with Gasteiger partial charge in [-0.05, 0) is 40.2 Å². The average Bonchev–Trinajstić information content (AvgIpc) is 2.58. The topological polar surface area (TPSA) is 52.1 Å². The Bertz CT molecular complexity index is 367. The van der Waals surface area contributed by atoms with Crippen molar-refractivity contribution in [3.05, 3.63) is 0 Å². The third-order valence-corrected chi connectivity index (χ3v) is 4.75. The third-order valence-electron chi connectivity index (χ3n) is 4.75. The van der Waals surface area contributed by atoms with Crippen molar-refractivity contribution >= 4 is 5.96 Å². The molecule has 1 fully saturated rings. The van der Waals surface area contributed by atoms with Gasteiger partial charge in [-0.25, -0.2) is 0 Å². The minimum Gasteiger partial charge on any atom is -0.379 e. The Morgan fingerprint density at radius 3 is 2.40 bits per heavy atom. The van der Waals surface area contributed by atoms with Crippen LogP contribution in [0.5, 0.6) is 0 Å². The van der Waals surface area contributed by atoms with Gasteiger partial charge < -0.3 is 20.3 Å². The number of nitrogens with zero attached hydrogens (tertiary/aromatic N) is 3. The van der Waals surface area contributed by atoms with Gasteiger partial charge in [0.05, 0.1) is 19.8 Å². The molecule has 0 bridgehead atoms. The van der Waals surface area contributed by atoms with Gasteiger partial charge in [-0.15, -0.1) is 0 Å². The molecule has 25 heavy (non-hydrogen) atoms. The lowest BCUT2D eigenvalue weighted by Crippen LogP contribution is -2.47. The number of morpholine rings is 1. The van der Waals surface area contributed by atoms with Gasteiger partial charge >= 0.3 is 0 Å². The number of rotatable bonds is 10. The van der Waals surface area contributed by atoms with Crippen LogP contribution < -0.4 is 10.6 Å². The minimum absolute atomic E-state index is 0.498. The van der Waals surface area contributed by atoms with Crippen molar-refractivity contribution in [2.75, 3.05) is 59.5 Å². The molecular formula is C19H41N5O. The van der Waals surface area contributed by atoms with Crippen LogP contribution in [0.2, 0.25) is 0 Å². The molecule has 1 aliphatic rings. The molecule has 0 spiro atoms. The van der Waals surface area contributed by atoms with Gasteiger partial charge in [-0.1, -0.05) is 13.8 Å². The highest BCUT2D eigenvalue weighted by molar-refractivity contribution is 5.79. The molecule has 0 saturated carbocycles. The van der Waals surface area contributed by atoms with E-state index in [0.29, 0.717) is 18.0 Å². The Hall–Kier alpha value is -0.850. The molecule has 1 saturated heterocycles. The lowest BCUT2D eigenvalue weighted by molar-refractivity contribution is 0.0143. The number of guanidine groups is 1. The van der Waals surface area contributed by atoms with Crippen LogP contribution in [0.15, 0.2) is 4.99 Å². The maximum absolute atomic E-state index is 5.51. The van der Waals surface area contributed by atoms with Crippen molar-refractivity contribution in [3.8, 4) is 0 Å². The number of ether oxygens (including phenoxy) is 1. The molecule has 1 atom stereocenters. The van der Waals surface area contributed by atoms with Crippen molar-refractivity contribution in [3.63, 3.8) is 0 Å². The summed E-state index contributed by atoms with van der Waals surface area (Å²) in [7, 11) is 2.16. The molecule has 0 radical (unpaired) electrons. The van der Waals surface area contributed by atoms with Gasteiger partial charge in [-0.3, -0.25) is 9.89 Å². The van der Waals surface area contributed by atoms with E-state index in [9.17, 15) is 0 Å². The Morgan fingerprint density at radius 1 is 1.16 bits per heavy atom. The number of hydrogen-bond acceptors (Lipinski definition) is 4. The second-order valence-corrected chi connectivity index (χ2v) is 7.65. The van der Waals surface area contributed by atoms with Gasteiger partial charge in [-0.2, -0.15) is 0 Å². The van der Waals surface area contributed by atoms with Crippen molar-refractivity contribution in [1.29, 1.82) is 0 Å². The van der Waals surface area contributed by atoms with E-state index in [2.05, 4.69) is 62.1 Å². The van der Waals surface area contributed by atoms with E-state index >= 15 is 0 Å². The van der Waals surface area contributed by atoms with E-state index in [4.69, 9.17) is 9.73 Å². The van der Waals surface area contributed by atoms with Gasteiger partial charge in [0.2, 0.25) is 0 Å². The summed E-state index contributed by atoms with van der Waals surface area (Å²) in [5.74, 6) is 1.61. The van der Waals surface area contributed by atoms with Gasteiger partial charge in [0.1, 0.15) is 0 Å². The molecule has 1 rings (SSSR count). The summed E-state index contributed by atoms with van der Waals surface area (Å²) in [6.45, 7) is 18.5. The zero-order valence-corrected chi connectivity index (χ0v) is 17.3. The first-order valence-electron chi connectivity index (χ1n) is 9.98. The first-order chi connectivity index (χ1) is 11.9. The molecule has 2 N–H and O–H groups in total. The van der Waals surface area contributed by atoms with E-state index in [1.807, 2.05) is 0 Å². The fourth-order valence-corrected chi connectivity index (χ4v) is 2.97. The summed E-state index contributed by atoms with van der Waals surface area (Å²) in [6.07, 6.45) is 1.18. The first-order valence-corrected chi connectivity index (χ1v) is 9.98. The summed E-state index contributed by atoms with van der Waals surface area (Å²) in [6, 6.07) is 1.07. The van der Waals surface area contributed by atoms with Gasteiger partial charge in [0.15, 0.2) is 5.96 Å². The smallest absolute Gasteiger partial charge is 0.191 e. The zero-order chi connectivity index (χ0) is 18.7. The van der Waals surface area contributed by atoms with Crippen LogP contribution in [-0.2, 0) is 4.74 Å². The molecular weight excluding hydrogens is 314 g/mol. The summed E-state index contributed by atoms with van der Waals surface area (Å²) in [4.78, 5) is 9.76. The van der Waals surface area contributed by atoms with Gasteiger partial charge in [0.25, 0.3) is 0 Å². The molecule has 6 heteroatoms. The SMILES string of the molecule is CCNC(=NCC(CC(C)C)N1CCOCC1)NCCN(C)C(C)C. The van der Waals surface area contributed by atoms with E-state index in [1.165, 1.54) is 6.42 Å². The predicted molar refractivity (Wildman–Crippen MR) is 107 cm³/mol. The Balaban J connectivity index is 2.57. The van der Waals surface area contributed by atoms with Crippen molar-refractivity contribution in [2.45, 2.75) is 53.1 Å². The lowest BCUT2D eigenvalue weighted by atomic mass is 10.0. The fourth-order valence-electron chi connectivity index (χ4n) is 2.97. The van der Waals surface area contributed by atoms with E-state index in [1.54, 1.807) is 0 Å². The lowest BCUT2D eigenvalue weighted by Gasteiger charge is -2.34. The predicted octanol–water partition coefficient (Wildman–Crippen LogP) is 1.63. The second kappa shape index (κ2) is 12.5. The van der Waals surface area contributed by atoms with Crippen molar-refractivity contribution < 1.29 is 4.74 Å². The number of nitrogens with one attached hydrogen (secondary N) is 2. The highest BCUT2D eigenvalue weighted by Gasteiger charge is 2.21. The Kier molecular flexibility index (Phi) is 11.1. The fraction of sp³-hybridized carbons (Fsp3) is 0.947. The average molecular weight is 356 g/mol. The normalized spacial score (nSPS) is 18.2. The maximum Gasteiger partial charge on any atom is 0.191 e. The summed E-state index contributed by atoms with van der Waals surface area (Å²) in [5, 5.41) is 6.85. The molecule has 0 aromatic rings. The molecule has 1 heterocycles. The minimum atomic E-state index is 0.498. The summed E-state index contributed by atoms with van der Waals surface area (Å²) in [5.41, 5.74) is 0. The number of aliphatic imine (C=N–C) groups is 1. The van der Waals surface area contributed by atoms with Gasteiger partial charge in [0, 0.05) is 44.8 Å². The van der Waals surface area contributed by atoms with E-state index in [0.717, 1.165) is 58.4 Å². The quantitative estimate of drug-likeness (QED) is 0.461. The summed E-state index contributed by atoms with van der Waals surface area (Å²) >= 11 is 0. The summed E-state index contributed by atoms with van der Waals surface area (Å²) < 4.78 is 5.51. The standard InChI is InChI=1S/C19H41N5O/c1-7-20-19(21-8-9-23(6)17(4)5)22-15-18(14-16(2)3)24-10-12-25-13-11-24/h16-18H,7-15H2,1-6H3,(H2,20,21,22).